The van der Waals surface area contributed by atoms with E-state index in [1.54, 1.807) is 13.2 Å². The molecule has 8 nitrogen and oxygen atoms in total. The van der Waals surface area contributed by atoms with Crippen LogP contribution in [0, 0.1) is 5.92 Å². The van der Waals surface area contributed by atoms with Gasteiger partial charge in [-0.25, -0.2) is 4.98 Å². The van der Waals surface area contributed by atoms with E-state index in [0.717, 1.165) is 38.0 Å². The number of carbonyl (C=O) groups is 1. The summed E-state index contributed by atoms with van der Waals surface area (Å²) in [7, 11) is 1.57. The van der Waals surface area contributed by atoms with Gasteiger partial charge in [0.15, 0.2) is 11.0 Å². The van der Waals surface area contributed by atoms with Gasteiger partial charge in [-0.15, -0.1) is 0 Å². The molecule has 0 N–H and O–H groups in total. The standard InChI is InChI=1S/C31H37ClN4O4/c1-39-26-12-8-11-25(19-26)28-29(32)33-30(35-18-14-23(20-35)13-17-34-15-6-3-7-16-34)31(38)36(28)21-27(37)40-22-24-9-4-2-5-10-24/h2,4-5,8-12,19,23H,3,6-7,13-18,20-22H2,1H3. The maximum absolute atomic E-state index is 13.9. The van der Waals surface area contributed by atoms with Gasteiger partial charge in [0.05, 0.1) is 12.8 Å². The number of esters is 1. The fourth-order valence-corrected chi connectivity index (χ4v) is 5.94. The highest BCUT2D eigenvalue weighted by atomic mass is 35.5. The minimum atomic E-state index is -0.524. The first-order valence-electron chi connectivity index (χ1n) is 14.1. The molecule has 2 aliphatic heterocycles. The van der Waals surface area contributed by atoms with Crippen LogP contribution in [-0.4, -0.2) is 60.3 Å². The van der Waals surface area contributed by atoms with Gasteiger partial charge >= 0.3 is 5.97 Å². The summed E-state index contributed by atoms with van der Waals surface area (Å²) in [5, 5.41) is 0.162. The lowest BCUT2D eigenvalue weighted by atomic mass is 10.0. The molecule has 1 aromatic heterocycles. The Kier molecular flexibility index (Phi) is 9.39. The summed E-state index contributed by atoms with van der Waals surface area (Å²) in [4.78, 5) is 36.1. The van der Waals surface area contributed by atoms with Crippen LogP contribution in [0.25, 0.3) is 11.3 Å². The number of ether oxygens (including phenoxy) is 2. The zero-order valence-corrected chi connectivity index (χ0v) is 23.8. The number of piperidine rings is 1. The first-order chi connectivity index (χ1) is 19.5. The van der Waals surface area contributed by atoms with Crippen molar-refractivity contribution in [2.75, 3.05) is 44.7 Å². The second-order valence-electron chi connectivity index (χ2n) is 10.6. The minimum absolute atomic E-state index is 0.124. The Hall–Kier alpha value is -3.36. The SMILES string of the molecule is COc1cccc(-c2c(Cl)nc(N3CCC(CCN4CCCCC4)C3)c(=O)n2CC(=O)OCc2ccccc2)c1. The highest BCUT2D eigenvalue weighted by molar-refractivity contribution is 6.32. The predicted octanol–water partition coefficient (Wildman–Crippen LogP) is 5.02. The normalized spacial score (nSPS) is 17.6. The molecular weight excluding hydrogens is 528 g/mol. The lowest BCUT2D eigenvalue weighted by Gasteiger charge is -2.27. The van der Waals surface area contributed by atoms with E-state index in [1.807, 2.05) is 53.4 Å². The van der Waals surface area contributed by atoms with Crippen LogP contribution in [0.3, 0.4) is 0 Å². The van der Waals surface area contributed by atoms with Gasteiger partial charge in [0.2, 0.25) is 0 Å². The van der Waals surface area contributed by atoms with Crippen molar-refractivity contribution in [2.24, 2.45) is 5.92 Å². The van der Waals surface area contributed by atoms with E-state index in [9.17, 15) is 9.59 Å². The molecule has 0 radical (unpaired) electrons. The molecule has 212 valence electrons. The zero-order chi connectivity index (χ0) is 27.9. The van der Waals surface area contributed by atoms with Crippen molar-refractivity contribution in [1.82, 2.24) is 14.5 Å². The fourth-order valence-electron chi connectivity index (χ4n) is 5.65. The Morgan fingerprint density at radius 1 is 1.05 bits per heavy atom. The Bertz CT molecular complexity index is 1360. The number of anilines is 1. The minimum Gasteiger partial charge on any atom is -0.497 e. The van der Waals surface area contributed by atoms with Gasteiger partial charge in [-0.2, -0.15) is 0 Å². The van der Waals surface area contributed by atoms with Crippen molar-refractivity contribution in [3.05, 3.63) is 75.7 Å². The summed E-state index contributed by atoms with van der Waals surface area (Å²) in [6.45, 7) is 4.80. The van der Waals surface area contributed by atoms with E-state index >= 15 is 0 Å². The quantitative estimate of drug-likeness (QED) is 0.320. The third-order valence-corrected chi connectivity index (χ3v) is 8.13. The molecule has 2 aromatic carbocycles. The molecule has 5 rings (SSSR count). The zero-order valence-electron chi connectivity index (χ0n) is 23.1. The van der Waals surface area contributed by atoms with Crippen molar-refractivity contribution < 1.29 is 14.3 Å². The maximum Gasteiger partial charge on any atom is 0.326 e. The molecule has 2 saturated heterocycles. The number of carbonyl (C=O) groups excluding carboxylic acids is 1. The summed E-state index contributed by atoms with van der Waals surface area (Å²) in [5.41, 5.74) is 1.52. The summed E-state index contributed by atoms with van der Waals surface area (Å²) >= 11 is 6.77. The van der Waals surface area contributed by atoms with E-state index in [-0.39, 0.29) is 29.7 Å². The average Bonchev–Trinajstić information content (AvgIpc) is 3.47. The number of aromatic nitrogens is 2. The number of likely N-dealkylation sites (tertiary alicyclic amines) is 1. The van der Waals surface area contributed by atoms with Crippen LogP contribution in [-0.2, 0) is 22.7 Å². The smallest absolute Gasteiger partial charge is 0.326 e. The lowest BCUT2D eigenvalue weighted by Crippen LogP contribution is -2.35. The van der Waals surface area contributed by atoms with E-state index in [4.69, 9.17) is 21.1 Å². The summed E-state index contributed by atoms with van der Waals surface area (Å²) in [6, 6.07) is 16.7. The van der Waals surface area contributed by atoms with Crippen molar-refractivity contribution in [3.8, 4) is 17.0 Å². The molecule has 2 aliphatic rings. The van der Waals surface area contributed by atoms with Gasteiger partial charge in [0.1, 0.15) is 18.9 Å². The van der Waals surface area contributed by atoms with Crippen LogP contribution in [0.2, 0.25) is 5.15 Å². The summed E-state index contributed by atoms with van der Waals surface area (Å²) in [6.07, 6.45) is 6.01. The number of benzene rings is 2. The van der Waals surface area contributed by atoms with Crippen LogP contribution in [0.4, 0.5) is 5.82 Å². The fraction of sp³-hybridized carbons (Fsp3) is 0.452. The van der Waals surface area contributed by atoms with Crippen LogP contribution in [0.5, 0.6) is 5.75 Å². The molecule has 3 aromatic rings. The summed E-state index contributed by atoms with van der Waals surface area (Å²) in [5.74, 6) is 0.862. The van der Waals surface area contributed by atoms with Gasteiger partial charge in [-0.3, -0.25) is 14.2 Å². The number of halogens is 1. The van der Waals surface area contributed by atoms with Crippen molar-refractivity contribution in [3.63, 3.8) is 0 Å². The molecule has 3 heterocycles. The van der Waals surface area contributed by atoms with Gasteiger partial charge in [0, 0.05) is 18.7 Å². The topological polar surface area (TPSA) is 76.9 Å². The van der Waals surface area contributed by atoms with Gasteiger partial charge in [-0.1, -0.05) is 60.5 Å². The molecule has 0 amide bonds. The van der Waals surface area contributed by atoms with E-state index < -0.39 is 5.97 Å². The lowest BCUT2D eigenvalue weighted by molar-refractivity contribution is -0.145. The van der Waals surface area contributed by atoms with Crippen LogP contribution in [0.15, 0.2) is 59.4 Å². The largest absolute Gasteiger partial charge is 0.497 e. The molecule has 2 fully saturated rings. The Labute approximate surface area is 240 Å². The van der Waals surface area contributed by atoms with Gasteiger partial charge in [0.25, 0.3) is 5.56 Å². The van der Waals surface area contributed by atoms with Gasteiger partial charge < -0.3 is 19.3 Å². The number of hydrogen-bond acceptors (Lipinski definition) is 7. The molecule has 1 unspecified atom stereocenters. The van der Waals surface area contributed by atoms with Crippen LogP contribution < -0.4 is 15.2 Å². The van der Waals surface area contributed by atoms with E-state index in [2.05, 4.69) is 9.88 Å². The van der Waals surface area contributed by atoms with Crippen LogP contribution in [0.1, 0.15) is 37.7 Å². The maximum atomic E-state index is 13.9. The predicted molar refractivity (Wildman–Crippen MR) is 157 cm³/mol. The molecule has 0 saturated carbocycles. The third-order valence-electron chi connectivity index (χ3n) is 7.87. The Morgan fingerprint density at radius 3 is 2.62 bits per heavy atom. The van der Waals surface area contributed by atoms with Gasteiger partial charge in [-0.05, 0) is 68.9 Å². The van der Waals surface area contributed by atoms with Crippen molar-refractivity contribution in [1.29, 1.82) is 0 Å². The summed E-state index contributed by atoms with van der Waals surface area (Å²) < 4.78 is 12.3. The highest BCUT2D eigenvalue weighted by Crippen LogP contribution is 2.31. The van der Waals surface area contributed by atoms with E-state index in [0.29, 0.717) is 22.9 Å². The first-order valence-corrected chi connectivity index (χ1v) is 14.5. The third kappa shape index (κ3) is 6.85. The molecule has 9 heteroatoms. The molecule has 1 atom stereocenters. The molecule has 40 heavy (non-hydrogen) atoms. The number of hydrogen-bond donors (Lipinski definition) is 0. The van der Waals surface area contributed by atoms with Crippen molar-refractivity contribution in [2.45, 2.75) is 45.3 Å². The second-order valence-corrected chi connectivity index (χ2v) is 11.0. The number of methoxy groups -OCH3 is 1. The average molecular weight is 565 g/mol. The van der Waals surface area contributed by atoms with E-state index in [1.165, 1.54) is 36.9 Å². The molecule has 0 aliphatic carbocycles. The molecule has 0 spiro atoms. The second kappa shape index (κ2) is 13.3. The monoisotopic (exact) mass is 564 g/mol. The highest BCUT2D eigenvalue weighted by Gasteiger charge is 2.29. The molecule has 0 bridgehead atoms. The Morgan fingerprint density at radius 2 is 1.85 bits per heavy atom. The number of rotatable bonds is 10. The first kappa shape index (κ1) is 28.2. The Balaban J connectivity index is 1.38. The molecular formula is C31H37ClN4O4. The van der Waals surface area contributed by atoms with Crippen LogP contribution >= 0.6 is 11.6 Å². The number of nitrogens with zero attached hydrogens (tertiary/aromatic N) is 4. The van der Waals surface area contributed by atoms with Crippen molar-refractivity contribution >= 4 is 23.4 Å².